The number of aliphatic imine (C=N–C) groups is 1. The zero-order chi connectivity index (χ0) is 16.8. The van der Waals surface area contributed by atoms with Crippen molar-refractivity contribution < 1.29 is 9.47 Å². The minimum Gasteiger partial charge on any atom is -0.382 e. The number of guanidine groups is 1. The first-order valence-corrected chi connectivity index (χ1v) is 9.36. The molecule has 0 heterocycles. The van der Waals surface area contributed by atoms with E-state index in [1.807, 2.05) is 14.0 Å². The molecule has 0 amide bonds. The fraction of sp³-hybridized carbons (Fsp3) is 0.944. The number of rotatable bonds is 12. The summed E-state index contributed by atoms with van der Waals surface area (Å²) in [6, 6.07) is 0. The van der Waals surface area contributed by atoms with Crippen molar-refractivity contribution in [3.05, 3.63) is 0 Å². The van der Waals surface area contributed by atoms with Gasteiger partial charge in [0, 0.05) is 46.6 Å². The smallest absolute Gasteiger partial charge is 0.190 e. The molecule has 23 heavy (non-hydrogen) atoms. The van der Waals surface area contributed by atoms with Crippen molar-refractivity contribution in [3.63, 3.8) is 0 Å². The highest BCUT2D eigenvalue weighted by molar-refractivity contribution is 5.79. The van der Waals surface area contributed by atoms with E-state index in [2.05, 4.69) is 22.5 Å². The summed E-state index contributed by atoms with van der Waals surface area (Å²) < 4.78 is 10.9. The third-order valence-corrected chi connectivity index (χ3v) is 4.71. The number of nitrogens with zero attached hydrogens (tertiary/aromatic N) is 1. The highest BCUT2D eigenvalue weighted by Crippen LogP contribution is 2.40. The molecule has 1 saturated carbocycles. The quantitative estimate of drug-likeness (QED) is 0.329. The van der Waals surface area contributed by atoms with Crippen molar-refractivity contribution in [2.24, 2.45) is 10.4 Å². The van der Waals surface area contributed by atoms with Gasteiger partial charge in [0.05, 0.1) is 0 Å². The van der Waals surface area contributed by atoms with Crippen molar-refractivity contribution in [3.8, 4) is 0 Å². The van der Waals surface area contributed by atoms with Crippen molar-refractivity contribution in [2.75, 3.05) is 46.6 Å². The highest BCUT2D eigenvalue weighted by Gasteiger charge is 2.33. The predicted molar refractivity (Wildman–Crippen MR) is 97.1 cm³/mol. The Labute approximate surface area is 142 Å². The first kappa shape index (κ1) is 20.2. The van der Waals surface area contributed by atoms with E-state index < -0.39 is 0 Å². The zero-order valence-electron chi connectivity index (χ0n) is 15.5. The van der Waals surface area contributed by atoms with E-state index in [9.17, 15) is 0 Å². The second-order valence-electron chi connectivity index (χ2n) is 6.41. The molecule has 0 bridgehead atoms. The van der Waals surface area contributed by atoms with Crippen molar-refractivity contribution >= 4 is 5.96 Å². The summed E-state index contributed by atoms with van der Waals surface area (Å²) in [5.74, 6) is 0.920. The lowest BCUT2D eigenvalue weighted by atomic mass is 9.83. The summed E-state index contributed by atoms with van der Waals surface area (Å²) in [4.78, 5) is 4.34. The molecule has 136 valence electrons. The van der Waals surface area contributed by atoms with Gasteiger partial charge < -0.3 is 20.1 Å². The van der Waals surface area contributed by atoms with E-state index in [-0.39, 0.29) is 0 Å². The second kappa shape index (κ2) is 12.6. The minimum atomic E-state index is 0.391. The fourth-order valence-electron chi connectivity index (χ4n) is 3.25. The van der Waals surface area contributed by atoms with Crippen LogP contribution in [-0.4, -0.2) is 52.5 Å². The normalized spacial score (nSPS) is 17.4. The first-order valence-electron chi connectivity index (χ1n) is 9.36. The molecule has 0 aliphatic heterocycles. The Balaban J connectivity index is 2.25. The van der Waals surface area contributed by atoms with Gasteiger partial charge in [-0.15, -0.1) is 0 Å². The van der Waals surface area contributed by atoms with Crippen molar-refractivity contribution in [2.45, 2.75) is 58.8 Å². The Morgan fingerprint density at radius 1 is 1.00 bits per heavy atom. The SMILES string of the molecule is CCOCCCCNC(=NC)NCC1(CCOCC)CCCC1. The molecule has 1 aliphatic carbocycles. The Bertz CT molecular complexity index is 315. The van der Waals surface area contributed by atoms with Gasteiger partial charge in [-0.05, 0) is 51.4 Å². The zero-order valence-corrected chi connectivity index (χ0v) is 15.5. The van der Waals surface area contributed by atoms with Gasteiger partial charge >= 0.3 is 0 Å². The summed E-state index contributed by atoms with van der Waals surface area (Å²) >= 11 is 0. The van der Waals surface area contributed by atoms with Crippen LogP contribution in [0.15, 0.2) is 4.99 Å². The molecule has 0 aromatic heterocycles. The molecule has 1 aliphatic rings. The number of unbranched alkanes of at least 4 members (excludes halogenated alkanes) is 1. The molecular formula is C18H37N3O2. The summed E-state index contributed by atoms with van der Waals surface area (Å²) in [6.07, 6.45) is 8.65. The van der Waals surface area contributed by atoms with E-state index in [4.69, 9.17) is 9.47 Å². The van der Waals surface area contributed by atoms with Crippen LogP contribution >= 0.6 is 0 Å². The van der Waals surface area contributed by atoms with Crippen LogP contribution in [0.5, 0.6) is 0 Å². The number of ether oxygens (including phenoxy) is 2. The maximum Gasteiger partial charge on any atom is 0.190 e. The van der Waals surface area contributed by atoms with Gasteiger partial charge in [-0.25, -0.2) is 0 Å². The molecule has 0 atom stereocenters. The van der Waals surface area contributed by atoms with E-state index in [1.54, 1.807) is 0 Å². The van der Waals surface area contributed by atoms with Crippen LogP contribution in [0.2, 0.25) is 0 Å². The second-order valence-corrected chi connectivity index (χ2v) is 6.41. The molecular weight excluding hydrogens is 290 g/mol. The summed E-state index contributed by atoms with van der Waals surface area (Å²) in [7, 11) is 1.84. The van der Waals surface area contributed by atoms with Crippen LogP contribution in [0.4, 0.5) is 0 Å². The van der Waals surface area contributed by atoms with Gasteiger partial charge in [-0.1, -0.05) is 12.8 Å². The largest absolute Gasteiger partial charge is 0.382 e. The van der Waals surface area contributed by atoms with Crippen LogP contribution in [0.1, 0.15) is 58.8 Å². The molecule has 0 aromatic rings. The average Bonchev–Trinajstić information content (AvgIpc) is 3.03. The van der Waals surface area contributed by atoms with Crippen LogP contribution in [0.25, 0.3) is 0 Å². The van der Waals surface area contributed by atoms with Gasteiger partial charge in [0.1, 0.15) is 0 Å². The predicted octanol–water partition coefficient (Wildman–Crippen LogP) is 2.96. The lowest BCUT2D eigenvalue weighted by molar-refractivity contribution is 0.105. The lowest BCUT2D eigenvalue weighted by Crippen LogP contribution is -2.43. The molecule has 2 N–H and O–H groups in total. The van der Waals surface area contributed by atoms with Gasteiger partial charge in [-0.3, -0.25) is 4.99 Å². The van der Waals surface area contributed by atoms with Crippen molar-refractivity contribution in [1.82, 2.24) is 10.6 Å². The molecule has 0 unspecified atom stereocenters. The van der Waals surface area contributed by atoms with Crippen LogP contribution < -0.4 is 10.6 Å². The topological polar surface area (TPSA) is 54.9 Å². The number of hydrogen-bond acceptors (Lipinski definition) is 3. The highest BCUT2D eigenvalue weighted by atomic mass is 16.5. The third kappa shape index (κ3) is 8.56. The molecule has 0 radical (unpaired) electrons. The first-order chi connectivity index (χ1) is 11.3. The van der Waals surface area contributed by atoms with E-state index in [0.29, 0.717) is 5.41 Å². The number of nitrogens with one attached hydrogen (secondary N) is 2. The molecule has 5 heteroatoms. The van der Waals surface area contributed by atoms with Gasteiger partial charge in [0.2, 0.25) is 0 Å². The Morgan fingerprint density at radius 2 is 1.70 bits per heavy atom. The minimum absolute atomic E-state index is 0.391. The lowest BCUT2D eigenvalue weighted by Gasteiger charge is -2.30. The van der Waals surface area contributed by atoms with Crippen LogP contribution in [0.3, 0.4) is 0 Å². The van der Waals surface area contributed by atoms with E-state index in [0.717, 1.165) is 64.7 Å². The maximum atomic E-state index is 5.58. The van der Waals surface area contributed by atoms with Crippen LogP contribution in [0, 0.1) is 5.41 Å². The third-order valence-electron chi connectivity index (χ3n) is 4.71. The maximum absolute atomic E-state index is 5.58. The Morgan fingerprint density at radius 3 is 2.35 bits per heavy atom. The summed E-state index contributed by atoms with van der Waals surface area (Å²) in [5.41, 5.74) is 0.391. The van der Waals surface area contributed by atoms with E-state index in [1.165, 1.54) is 25.7 Å². The summed E-state index contributed by atoms with van der Waals surface area (Å²) in [6.45, 7) is 9.39. The molecule has 1 rings (SSSR count). The van der Waals surface area contributed by atoms with Gasteiger partial charge in [0.25, 0.3) is 0 Å². The van der Waals surface area contributed by atoms with Crippen LogP contribution in [-0.2, 0) is 9.47 Å². The fourth-order valence-corrected chi connectivity index (χ4v) is 3.25. The molecule has 0 saturated heterocycles. The van der Waals surface area contributed by atoms with E-state index >= 15 is 0 Å². The Kier molecular flexibility index (Phi) is 11.1. The molecule has 5 nitrogen and oxygen atoms in total. The standard InChI is InChI=1S/C18H37N3O2/c1-4-22-14-9-8-13-20-17(19-3)21-16-18(10-6-7-11-18)12-15-23-5-2/h4-16H2,1-3H3,(H2,19,20,21). The molecule has 0 aromatic carbocycles. The van der Waals surface area contributed by atoms with Gasteiger partial charge in [0.15, 0.2) is 5.96 Å². The number of hydrogen-bond donors (Lipinski definition) is 2. The molecule has 0 spiro atoms. The summed E-state index contributed by atoms with van der Waals surface area (Å²) in [5, 5.41) is 6.94. The monoisotopic (exact) mass is 327 g/mol. The Hall–Kier alpha value is -0.810. The average molecular weight is 328 g/mol. The molecule has 1 fully saturated rings. The van der Waals surface area contributed by atoms with Crippen molar-refractivity contribution in [1.29, 1.82) is 0 Å². The van der Waals surface area contributed by atoms with Gasteiger partial charge in [-0.2, -0.15) is 0 Å².